The van der Waals surface area contributed by atoms with Crippen LogP contribution in [0, 0.1) is 12.8 Å². The van der Waals surface area contributed by atoms with Crippen LogP contribution in [-0.4, -0.2) is 23.6 Å². The summed E-state index contributed by atoms with van der Waals surface area (Å²) in [6, 6.07) is 8.21. The van der Waals surface area contributed by atoms with Crippen molar-refractivity contribution in [2.75, 3.05) is 13.6 Å². The van der Waals surface area contributed by atoms with Gasteiger partial charge in [-0.1, -0.05) is 48.0 Å². The van der Waals surface area contributed by atoms with Crippen molar-refractivity contribution in [3.63, 3.8) is 0 Å². The maximum absolute atomic E-state index is 4.86. The number of rotatable bonds is 5. The molecule has 0 aliphatic carbocycles. The number of aromatic amines is 1. The van der Waals surface area contributed by atoms with Crippen molar-refractivity contribution < 1.29 is 0 Å². The first kappa shape index (κ1) is 15.3. The SMILES string of the molecule is CNCC(c1nc(-c2ccccc2Br)c(C)[nH]1)C(C)C. The Morgan fingerprint density at radius 2 is 2.00 bits per heavy atom. The predicted molar refractivity (Wildman–Crippen MR) is 88.0 cm³/mol. The minimum Gasteiger partial charge on any atom is -0.345 e. The lowest BCUT2D eigenvalue weighted by Crippen LogP contribution is -2.22. The molecule has 0 amide bonds. The van der Waals surface area contributed by atoms with E-state index in [2.05, 4.69) is 59.1 Å². The van der Waals surface area contributed by atoms with E-state index in [0.29, 0.717) is 11.8 Å². The largest absolute Gasteiger partial charge is 0.345 e. The molecule has 1 unspecified atom stereocenters. The lowest BCUT2D eigenvalue weighted by molar-refractivity contribution is 0.461. The molecular formula is C16H22BrN3. The predicted octanol–water partition coefficient (Wildman–Crippen LogP) is 4.11. The highest BCUT2D eigenvalue weighted by Gasteiger charge is 2.21. The zero-order chi connectivity index (χ0) is 14.7. The van der Waals surface area contributed by atoms with Crippen LogP contribution in [0.1, 0.15) is 31.3 Å². The molecule has 1 atom stereocenters. The molecule has 1 heterocycles. The molecule has 0 aliphatic heterocycles. The van der Waals surface area contributed by atoms with Gasteiger partial charge >= 0.3 is 0 Å². The van der Waals surface area contributed by atoms with Crippen LogP contribution in [0.3, 0.4) is 0 Å². The summed E-state index contributed by atoms with van der Waals surface area (Å²) in [7, 11) is 1.99. The van der Waals surface area contributed by atoms with Crippen molar-refractivity contribution in [2.45, 2.75) is 26.7 Å². The van der Waals surface area contributed by atoms with Crippen LogP contribution in [-0.2, 0) is 0 Å². The first-order chi connectivity index (χ1) is 9.54. The number of H-pyrrole nitrogens is 1. The zero-order valence-electron chi connectivity index (χ0n) is 12.5. The van der Waals surface area contributed by atoms with Crippen molar-refractivity contribution in [2.24, 2.45) is 5.92 Å². The third kappa shape index (κ3) is 3.13. The van der Waals surface area contributed by atoms with Gasteiger partial charge in [0.2, 0.25) is 0 Å². The summed E-state index contributed by atoms with van der Waals surface area (Å²) in [6.07, 6.45) is 0. The van der Waals surface area contributed by atoms with E-state index < -0.39 is 0 Å². The molecule has 2 aromatic rings. The van der Waals surface area contributed by atoms with E-state index in [0.717, 1.165) is 33.8 Å². The summed E-state index contributed by atoms with van der Waals surface area (Å²) >= 11 is 3.61. The van der Waals surface area contributed by atoms with Crippen LogP contribution in [0.5, 0.6) is 0 Å². The minimum absolute atomic E-state index is 0.398. The quantitative estimate of drug-likeness (QED) is 0.863. The molecule has 0 saturated heterocycles. The fourth-order valence-corrected chi connectivity index (χ4v) is 2.92. The first-order valence-corrected chi connectivity index (χ1v) is 7.80. The molecule has 20 heavy (non-hydrogen) atoms. The molecule has 0 aliphatic rings. The fourth-order valence-electron chi connectivity index (χ4n) is 2.44. The van der Waals surface area contributed by atoms with Gasteiger partial charge in [-0.05, 0) is 26.0 Å². The van der Waals surface area contributed by atoms with Gasteiger partial charge in [0, 0.05) is 28.2 Å². The molecule has 2 N–H and O–H groups in total. The smallest absolute Gasteiger partial charge is 0.111 e. The molecule has 108 valence electrons. The van der Waals surface area contributed by atoms with Gasteiger partial charge in [-0.15, -0.1) is 0 Å². The maximum atomic E-state index is 4.86. The molecular weight excluding hydrogens is 314 g/mol. The van der Waals surface area contributed by atoms with Crippen molar-refractivity contribution in [1.82, 2.24) is 15.3 Å². The Morgan fingerprint density at radius 1 is 1.30 bits per heavy atom. The molecule has 3 nitrogen and oxygen atoms in total. The number of benzene rings is 1. The fraction of sp³-hybridized carbons (Fsp3) is 0.438. The van der Waals surface area contributed by atoms with Gasteiger partial charge in [0.15, 0.2) is 0 Å². The van der Waals surface area contributed by atoms with Crippen molar-refractivity contribution >= 4 is 15.9 Å². The van der Waals surface area contributed by atoms with E-state index in [1.807, 2.05) is 19.2 Å². The molecule has 0 fully saturated rings. The van der Waals surface area contributed by atoms with Crippen molar-refractivity contribution in [1.29, 1.82) is 0 Å². The summed E-state index contributed by atoms with van der Waals surface area (Å²) in [5, 5.41) is 3.26. The van der Waals surface area contributed by atoms with E-state index in [1.165, 1.54) is 0 Å². The minimum atomic E-state index is 0.398. The lowest BCUT2D eigenvalue weighted by atomic mass is 9.95. The van der Waals surface area contributed by atoms with Gasteiger partial charge in [-0.2, -0.15) is 0 Å². The Balaban J connectivity index is 2.41. The number of halogens is 1. The Morgan fingerprint density at radius 3 is 2.60 bits per heavy atom. The number of imidazole rings is 1. The number of nitrogens with one attached hydrogen (secondary N) is 2. The van der Waals surface area contributed by atoms with Gasteiger partial charge in [0.25, 0.3) is 0 Å². The number of hydrogen-bond acceptors (Lipinski definition) is 2. The standard InChI is InChI=1S/C16H22BrN3/c1-10(2)13(9-18-4)16-19-11(3)15(20-16)12-7-5-6-8-14(12)17/h5-8,10,13,18H,9H2,1-4H3,(H,19,20). The van der Waals surface area contributed by atoms with E-state index in [4.69, 9.17) is 4.98 Å². The monoisotopic (exact) mass is 335 g/mol. The highest BCUT2D eigenvalue weighted by Crippen LogP contribution is 2.31. The van der Waals surface area contributed by atoms with Crippen LogP contribution >= 0.6 is 15.9 Å². The van der Waals surface area contributed by atoms with Crippen LogP contribution in [0.15, 0.2) is 28.7 Å². The first-order valence-electron chi connectivity index (χ1n) is 7.00. The van der Waals surface area contributed by atoms with E-state index >= 15 is 0 Å². The van der Waals surface area contributed by atoms with Crippen LogP contribution in [0.2, 0.25) is 0 Å². The molecule has 2 rings (SSSR count). The normalized spacial score (nSPS) is 12.9. The summed E-state index contributed by atoms with van der Waals surface area (Å²) in [4.78, 5) is 8.32. The second-order valence-corrected chi connectivity index (χ2v) is 6.34. The summed E-state index contributed by atoms with van der Waals surface area (Å²) in [5.41, 5.74) is 3.29. The lowest BCUT2D eigenvalue weighted by Gasteiger charge is -2.17. The number of hydrogen-bond donors (Lipinski definition) is 2. The number of nitrogens with zero attached hydrogens (tertiary/aromatic N) is 1. The van der Waals surface area contributed by atoms with E-state index in [-0.39, 0.29) is 0 Å². The highest BCUT2D eigenvalue weighted by molar-refractivity contribution is 9.10. The maximum Gasteiger partial charge on any atom is 0.111 e. The number of likely N-dealkylation sites (N-methyl/N-ethyl adjacent to an activating group) is 1. The topological polar surface area (TPSA) is 40.7 Å². The molecule has 0 bridgehead atoms. The van der Waals surface area contributed by atoms with Gasteiger partial charge in [0.05, 0.1) is 5.69 Å². The van der Waals surface area contributed by atoms with Gasteiger partial charge in [-0.25, -0.2) is 4.98 Å². The molecule has 0 spiro atoms. The number of aromatic nitrogens is 2. The average Bonchev–Trinajstić information content (AvgIpc) is 2.78. The number of aryl methyl sites for hydroxylation is 1. The van der Waals surface area contributed by atoms with Crippen LogP contribution < -0.4 is 5.32 Å². The van der Waals surface area contributed by atoms with E-state index in [9.17, 15) is 0 Å². The molecule has 0 saturated carbocycles. The average molecular weight is 336 g/mol. The molecule has 1 aromatic heterocycles. The van der Waals surface area contributed by atoms with E-state index in [1.54, 1.807) is 0 Å². The summed E-state index contributed by atoms with van der Waals surface area (Å²) in [5.74, 6) is 2.01. The summed E-state index contributed by atoms with van der Waals surface area (Å²) < 4.78 is 1.08. The summed E-state index contributed by atoms with van der Waals surface area (Å²) in [6.45, 7) is 7.48. The van der Waals surface area contributed by atoms with Crippen molar-refractivity contribution in [3.8, 4) is 11.3 Å². The molecule has 1 aromatic carbocycles. The van der Waals surface area contributed by atoms with Crippen molar-refractivity contribution in [3.05, 3.63) is 40.3 Å². The second kappa shape index (κ2) is 6.55. The van der Waals surface area contributed by atoms with Gasteiger partial charge in [0.1, 0.15) is 5.82 Å². The zero-order valence-corrected chi connectivity index (χ0v) is 14.1. The highest BCUT2D eigenvalue weighted by atomic mass is 79.9. The Kier molecular flexibility index (Phi) is 5.00. The van der Waals surface area contributed by atoms with Gasteiger partial charge in [-0.3, -0.25) is 0 Å². The van der Waals surface area contributed by atoms with Crippen LogP contribution in [0.4, 0.5) is 0 Å². The molecule has 4 heteroatoms. The Hall–Kier alpha value is -1.13. The third-order valence-electron chi connectivity index (χ3n) is 3.61. The van der Waals surface area contributed by atoms with Crippen LogP contribution in [0.25, 0.3) is 11.3 Å². The Labute approximate surface area is 129 Å². The second-order valence-electron chi connectivity index (χ2n) is 5.48. The third-order valence-corrected chi connectivity index (χ3v) is 4.30. The Bertz CT molecular complexity index is 575. The molecule has 0 radical (unpaired) electrons. The van der Waals surface area contributed by atoms with Gasteiger partial charge < -0.3 is 10.3 Å².